The minimum absolute atomic E-state index is 0.0480. The number of rotatable bonds is 4. The molecule has 170 valence electrons. The van der Waals surface area contributed by atoms with E-state index < -0.39 is 16.1 Å². The van der Waals surface area contributed by atoms with Gasteiger partial charge in [0.1, 0.15) is 5.75 Å². The molecule has 2 aromatic carbocycles. The first-order valence-corrected chi connectivity index (χ1v) is 15.3. The van der Waals surface area contributed by atoms with Crippen LogP contribution >= 0.6 is 67.8 Å². The zero-order chi connectivity index (χ0) is 22.8. The maximum absolute atomic E-state index is 12.9. The number of benzene rings is 2. The Morgan fingerprint density at radius 3 is 2.06 bits per heavy atom. The monoisotopic (exact) mass is 790 g/mol. The highest BCUT2D eigenvalue weighted by Gasteiger charge is 2.49. The molecule has 4 aliphatic carbocycles. The van der Waals surface area contributed by atoms with Crippen molar-refractivity contribution in [2.45, 2.75) is 42.9 Å². The third-order valence-electron chi connectivity index (χ3n) is 7.29. The fourth-order valence-electron chi connectivity index (χ4n) is 6.36. The predicted octanol–water partition coefficient (Wildman–Crippen LogP) is 6.51. The van der Waals surface area contributed by atoms with Crippen LogP contribution in [-0.4, -0.2) is 18.9 Å². The molecule has 0 atom stereocenters. The van der Waals surface area contributed by atoms with Crippen molar-refractivity contribution in [1.82, 2.24) is 0 Å². The van der Waals surface area contributed by atoms with Gasteiger partial charge in [-0.1, -0.05) is 0 Å². The van der Waals surface area contributed by atoms with Gasteiger partial charge in [-0.3, -0.25) is 4.55 Å². The molecule has 1 N–H and O–H groups in total. The molecular weight excluding hydrogens is 769 g/mol. The molecule has 32 heavy (non-hydrogen) atoms. The van der Waals surface area contributed by atoms with Gasteiger partial charge in [-0.05, 0) is 165 Å². The van der Waals surface area contributed by atoms with Crippen molar-refractivity contribution in [3.63, 3.8) is 0 Å². The van der Waals surface area contributed by atoms with Gasteiger partial charge in [0.25, 0.3) is 10.1 Å². The van der Waals surface area contributed by atoms with Crippen molar-refractivity contribution >= 4 is 83.9 Å². The predicted molar refractivity (Wildman–Crippen MR) is 146 cm³/mol. The first-order valence-electron chi connectivity index (χ1n) is 10.6. The molecule has 0 radical (unpaired) electrons. The third kappa shape index (κ3) is 4.49. The summed E-state index contributed by atoms with van der Waals surface area (Å²) in [6.07, 6.45) is 5.77. The van der Waals surface area contributed by atoms with Crippen LogP contribution in [0.2, 0.25) is 0 Å². The van der Waals surface area contributed by atoms with Gasteiger partial charge in [0.05, 0.1) is 10.5 Å². The van der Waals surface area contributed by atoms with Crippen LogP contribution in [0, 0.1) is 34.4 Å². The van der Waals surface area contributed by atoms with Gasteiger partial charge in [-0.25, -0.2) is 4.79 Å². The van der Waals surface area contributed by atoms with Gasteiger partial charge >= 0.3 is 5.97 Å². The Bertz CT molecular complexity index is 1180. The number of esters is 1. The smallest absolute Gasteiger partial charge is 0.344 e. The molecule has 4 aliphatic rings. The van der Waals surface area contributed by atoms with E-state index in [2.05, 4.69) is 67.8 Å². The quantitative estimate of drug-likeness (QED) is 0.126. The van der Waals surface area contributed by atoms with E-state index in [4.69, 9.17) is 4.74 Å². The highest BCUT2D eigenvalue weighted by molar-refractivity contribution is 14.1. The van der Waals surface area contributed by atoms with Crippen LogP contribution in [0.25, 0.3) is 0 Å². The first-order chi connectivity index (χ1) is 15.1. The molecule has 0 spiro atoms. The number of carbonyl (C=O) groups excluding carboxylic acids is 1. The zero-order valence-corrected chi connectivity index (χ0v) is 24.2. The minimum atomic E-state index is -4.37. The van der Waals surface area contributed by atoms with Crippen LogP contribution in [0.3, 0.4) is 0 Å². The molecule has 0 aromatic heterocycles. The summed E-state index contributed by atoms with van der Waals surface area (Å²) in [5.74, 6) is 2.27. The molecule has 0 heterocycles. The van der Waals surface area contributed by atoms with Crippen molar-refractivity contribution in [1.29, 1.82) is 0 Å². The van der Waals surface area contributed by atoms with E-state index in [9.17, 15) is 17.8 Å². The number of hydrogen-bond acceptors (Lipinski definition) is 4. The summed E-state index contributed by atoms with van der Waals surface area (Å²) in [6, 6.07) is 8.27. The standard InChI is InChI=1S/C23H21I3O5S/c24-18-10-20(26)19(25)9-16(18)23(27)31-15-1-2-21(32(28,29)30)17(8-15)22-13-4-11-3-12(6-13)7-14(22)5-11/h1-2,8-14,22H,3-7H2,(H,28,29,30). The summed E-state index contributed by atoms with van der Waals surface area (Å²) in [5, 5.41) is 0. The van der Waals surface area contributed by atoms with Gasteiger partial charge in [-0.15, -0.1) is 0 Å². The maximum Gasteiger partial charge on any atom is 0.344 e. The molecule has 4 bridgehead atoms. The molecular formula is C23H21I3O5S. The van der Waals surface area contributed by atoms with Gasteiger partial charge in [-0.2, -0.15) is 8.42 Å². The van der Waals surface area contributed by atoms with Gasteiger partial charge in [0.15, 0.2) is 0 Å². The molecule has 0 aliphatic heterocycles. The van der Waals surface area contributed by atoms with Crippen molar-refractivity contribution in [2.24, 2.45) is 23.7 Å². The van der Waals surface area contributed by atoms with Crippen LogP contribution in [0.1, 0.15) is 53.9 Å². The number of ether oxygens (including phenoxy) is 1. The molecule has 0 amide bonds. The van der Waals surface area contributed by atoms with Gasteiger partial charge in [0, 0.05) is 10.7 Å². The fraction of sp³-hybridized carbons (Fsp3) is 0.435. The number of carbonyl (C=O) groups is 1. The summed E-state index contributed by atoms with van der Waals surface area (Å²) < 4.78 is 42.9. The fourth-order valence-corrected chi connectivity index (χ4v) is 9.31. The lowest BCUT2D eigenvalue weighted by Gasteiger charge is -2.54. The third-order valence-corrected chi connectivity index (χ3v) is 11.9. The van der Waals surface area contributed by atoms with E-state index in [1.54, 1.807) is 12.1 Å². The van der Waals surface area contributed by atoms with Crippen LogP contribution < -0.4 is 4.74 Å². The van der Waals surface area contributed by atoms with Crippen molar-refractivity contribution in [3.05, 3.63) is 52.2 Å². The van der Waals surface area contributed by atoms with Crippen LogP contribution in [0.5, 0.6) is 5.75 Å². The van der Waals surface area contributed by atoms with Crippen LogP contribution in [-0.2, 0) is 10.1 Å². The Morgan fingerprint density at radius 1 is 0.875 bits per heavy atom. The van der Waals surface area contributed by atoms with Crippen molar-refractivity contribution in [2.75, 3.05) is 0 Å². The second kappa shape index (κ2) is 8.90. The highest BCUT2D eigenvalue weighted by atomic mass is 127. The van der Waals surface area contributed by atoms with Crippen molar-refractivity contribution < 1.29 is 22.5 Å². The normalized spacial score (nSPS) is 28.7. The Morgan fingerprint density at radius 2 is 1.47 bits per heavy atom. The van der Waals surface area contributed by atoms with E-state index in [0.29, 0.717) is 28.7 Å². The average Bonchev–Trinajstić information content (AvgIpc) is 2.69. The van der Waals surface area contributed by atoms with E-state index in [1.807, 2.05) is 6.07 Å². The summed E-state index contributed by atoms with van der Waals surface area (Å²) in [4.78, 5) is 12.9. The number of hydrogen-bond donors (Lipinski definition) is 1. The Kier molecular flexibility index (Phi) is 6.60. The van der Waals surface area contributed by atoms with Crippen molar-refractivity contribution in [3.8, 4) is 5.75 Å². The lowest BCUT2D eigenvalue weighted by atomic mass is 9.51. The minimum Gasteiger partial charge on any atom is -0.423 e. The Labute approximate surface area is 228 Å². The van der Waals surface area contributed by atoms with E-state index in [-0.39, 0.29) is 10.8 Å². The molecule has 0 saturated heterocycles. The molecule has 9 heteroatoms. The van der Waals surface area contributed by atoms with Gasteiger partial charge in [0.2, 0.25) is 0 Å². The van der Waals surface area contributed by atoms with Crippen LogP contribution in [0.4, 0.5) is 0 Å². The Hall–Kier alpha value is 0.0100. The topological polar surface area (TPSA) is 80.7 Å². The molecule has 4 saturated carbocycles. The summed E-state index contributed by atoms with van der Waals surface area (Å²) in [6.45, 7) is 0. The molecule has 4 fully saturated rings. The lowest BCUT2D eigenvalue weighted by Crippen LogP contribution is -2.44. The van der Waals surface area contributed by atoms with E-state index >= 15 is 0 Å². The summed E-state index contributed by atoms with van der Waals surface area (Å²) in [7, 11) is -4.37. The highest BCUT2D eigenvalue weighted by Crippen LogP contribution is 2.60. The molecule has 6 rings (SSSR count). The van der Waals surface area contributed by atoms with E-state index in [1.165, 1.54) is 18.6 Å². The largest absolute Gasteiger partial charge is 0.423 e. The second-order valence-electron chi connectivity index (χ2n) is 9.27. The summed E-state index contributed by atoms with van der Waals surface area (Å²) >= 11 is 6.53. The van der Waals surface area contributed by atoms with Gasteiger partial charge < -0.3 is 4.74 Å². The Balaban J connectivity index is 1.50. The van der Waals surface area contributed by atoms with E-state index in [0.717, 1.165) is 48.2 Å². The SMILES string of the molecule is O=C(Oc1ccc(S(=O)(=O)O)c(C2C3CC4CC(C3)CC2C4)c1)c1cc(I)c(I)cc1I. The molecule has 2 aromatic rings. The average molecular weight is 790 g/mol. The summed E-state index contributed by atoms with van der Waals surface area (Å²) in [5.41, 5.74) is 1.09. The zero-order valence-electron chi connectivity index (χ0n) is 16.9. The number of halogens is 3. The molecule has 5 nitrogen and oxygen atoms in total. The van der Waals surface area contributed by atoms with Crippen LogP contribution in [0.15, 0.2) is 35.2 Å². The molecule has 0 unspecified atom stereocenters. The maximum atomic E-state index is 12.9. The first kappa shape index (κ1) is 23.7. The second-order valence-corrected chi connectivity index (χ2v) is 14.1. The lowest BCUT2D eigenvalue weighted by molar-refractivity contribution is -0.00373.